The van der Waals surface area contributed by atoms with Gasteiger partial charge in [-0.15, -0.1) is 0 Å². The first-order valence-electron chi connectivity index (χ1n) is 10.3. The van der Waals surface area contributed by atoms with Crippen molar-refractivity contribution in [2.24, 2.45) is 0 Å². The lowest BCUT2D eigenvalue weighted by Gasteiger charge is -2.17. The molecule has 1 heterocycles. The highest BCUT2D eigenvalue weighted by atomic mass is 16.5. The molecule has 0 radical (unpaired) electrons. The van der Waals surface area contributed by atoms with Gasteiger partial charge < -0.3 is 9.47 Å². The summed E-state index contributed by atoms with van der Waals surface area (Å²) in [6.45, 7) is 7.01. The summed E-state index contributed by atoms with van der Waals surface area (Å²) >= 11 is 0. The zero-order valence-electron chi connectivity index (χ0n) is 18.0. The number of nitrogens with zero attached hydrogens (tertiary/aromatic N) is 1. The van der Waals surface area contributed by atoms with Gasteiger partial charge in [0.25, 0.3) is 0 Å². The van der Waals surface area contributed by atoms with Gasteiger partial charge in [-0.25, -0.2) is 4.98 Å². The molecular formula is C27H27NO2. The van der Waals surface area contributed by atoms with Crippen LogP contribution in [0.4, 0.5) is 0 Å². The zero-order valence-corrected chi connectivity index (χ0v) is 18.0. The Morgan fingerprint density at radius 2 is 1.60 bits per heavy atom. The molecule has 0 aliphatic carbocycles. The van der Waals surface area contributed by atoms with Crippen molar-refractivity contribution >= 4 is 10.9 Å². The van der Waals surface area contributed by atoms with Gasteiger partial charge in [0.05, 0.1) is 18.3 Å². The number of pyridine rings is 1. The van der Waals surface area contributed by atoms with Crippen LogP contribution in [0.5, 0.6) is 11.5 Å². The van der Waals surface area contributed by atoms with Crippen molar-refractivity contribution < 1.29 is 9.47 Å². The third-order valence-electron chi connectivity index (χ3n) is 5.38. The van der Waals surface area contributed by atoms with Crippen LogP contribution in [0.1, 0.15) is 36.5 Å². The second-order valence-electron chi connectivity index (χ2n) is 7.87. The van der Waals surface area contributed by atoms with Crippen LogP contribution in [-0.2, 0) is 6.61 Å². The van der Waals surface area contributed by atoms with Crippen LogP contribution < -0.4 is 9.47 Å². The largest absolute Gasteiger partial charge is 0.496 e. The molecule has 0 N–H and O–H groups in total. The lowest BCUT2D eigenvalue weighted by molar-refractivity contribution is 0.310. The number of ether oxygens (including phenoxy) is 2. The molecule has 0 aliphatic heterocycles. The normalized spacial score (nSPS) is 11.1. The second kappa shape index (κ2) is 8.58. The van der Waals surface area contributed by atoms with Gasteiger partial charge in [0, 0.05) is 17.0 Å². The molecule has 0 spiro atoms. The fourth-order valence-corrected chi connectivity index (χ4v) is 3.73. The van der Waals surface area contributed by atoms with Crippen molar-refractivity contribution in [3.63, 3.8) is 0 Å². The number of para-hydroxylation sites is 1. The maximum Gasteiger partial charge on any atom is 0.131 e. The van der Waals surface area contributed by atoms with Crippen LogP contribution in [0.2, 0.25) is 0 Å². The predicted molar refractivity (Wildman–Crippen MR) is 123 cm³/mol. The molecule has 0 saturated carbocycles. The van der Waals surface area contributed by atoms with E-state index in [4.69, 9.17) is 14.5 Å². The molecule has 0 unspecified atom stereocenters. The van der Waals surface area contributed by atoms with Crippen LogP contribution >= 0.6 is 0 Å². The summed E-state index contributed by atoms with van der Waals surface area (Å²) in [5.74, 6) is 2.10. The minimum absolute atomic E-state index is 0.431. The quantitative estimate of drug-likeness (QED) is 0.354. The molecule has 0 amide bonds. The molecule has 3 nitrogen and oxygen atoms in total. The Hall–Kier alpha value is -3.33. The Kier molecular flexibility index (Phi) is 5.71. The first kappa shape index (κ1) is 20.0. The summed E-state index contributed by atoms with van der Waals surface area (Å²) in [7, 11) is 1.72. The van der Waals surface area contributed by atoms with Gasteiger partial charge in [-0.3, -0.25) is 0 Å². The molecule has 30 heavy (non-hydrogen) atoms. The van der Waals surface area contributed by atoms with Crippen LogP contribution in [0.25, 0.3) is 22.2 Å². The first-order chi connectivity index (χ1) is 14.6. The van der Waals surface area contributed by atoms with Gasteiger partial charge in [-0.05, 0) is 47.7 Å². The van der Waals surface area contributed by atoms with E-state index in [1.54, 1.807) is 7.11 Å². The molecule has 0 bridgehead atoms. The first-order valence-corrected chi connectivity index (χ1v) is 10.3. The van der Waals surface area contributed by atoms with Gasteiger partial charge in [0.2, 0.25) is 0 Å². The Balaban J connectivity index is 1.82. The number of fused-ring (bicyclic) bond motifs is 1. The maximum absolute atomic E-state index is 6.26. The third-order valence-corrected chi connectivity index (χ3v) is 5.38. The monoisotopic (exact) mass is 397 g/mol. The van der Waals surface area contributed by atoms with E-state index in [1.165, 1.54) is 5.56 Å². The predicted octanol–water partition coefficient (Wildman–Crippen LogP) is 6.92. The molecule has 0 aliphatic rings. The van der Waals surface area contributed by atoms with E-state index < -0.39 is 0 Å². The molecule has 3 heteroatoms. The molecule has 0 fully saturated rings. The van der Waals surface area contributed by atoms with Crippen LogP contribution in [0.15, 0.2) is 72.8 Å². The minimum atomic E-state index is 0.431. The van der Waals surface area contributed by atoms with Crippen molar-refractivity contribution in [1.29, 1.82) is 0 Å². The van der Waals surface area contributed by atoms with E-state index >= 15 is 0 Å². The topological polar surface area (TPSA) is 31.4 Å². The highest BCUT2D eigenvalue weighted by molar-refractivity contribution is 5.89. The minimum Gasteiger partial charge on any atom is -0.496 e. The van der Waals surface area contributed by atoms with Gasteiger partial charge in [-0.1, -0.05) is 62.4 Å². The van der Waals surface area contributed by atoms with Gasteiger partial charge in [-0.2, -0.15) is 0 Å². The number of hydrogen-bond acceptors (Lipinski definition) is 3. The number of benzene rings is 3. The Labute approximate surface area is 178 Å². The maximum atomic E-state index is 6.26. The standard InChI is InChI=1S/C27H27NO2/c1-18(2)21-14-19(3)27(26(15-21)29-4)24-16-25(22-12-8-9-13-23(22)28-24)30-17-20-10-6-5-7-11-20/h5-16,18H,17H2,1-4H3. The molecule has 3 aromatic carbocycles. The highest BCUT2D eigenvalue weighted by Crippen LogP contribution is 2.38. The van der Waals surface area contributed by atoms with Crippen molar-refractivity contribution in [2.45, 2.75) is 33.3 Å². The average Bonchev–Trinajstić information content (AvgIpc) is 2.77. The number of hydrogen-bond donors (Lipinski definition) is 0. The molecule has 4 aromatic rings. The summed E-state index contributed by atoms with van der Waals surface area (Å²) in [4.78, 5) is 4.95. The van der Waals surface area contributed by atoms with Gasteiger partial charge in [0.15, 0.2) is 0 Å². The summed E-state index contributed by atoms with van der Waals surface area (Å²) in [6.07, 6.45) is 0. The Morgan fingerprint density at radius 1 is 0.867 bits per heavy atom. The van der Waals surface area contributed by atoms with Crippen LogP contribution in [0, 0.1) is 6.92 Å². The van der Waals surface area contributed by atoms with E-state index in [0.717, 1.165) is 44.8 Å². The average molecular weight is 398 g/mol. The number of aryl methyl sites for hydroxylation is 1. The Bertz CT molecular complexity index is 1170. The SMILES string of the molecule is COc1cc(C(C)C)cc(C)c1-c1cc(OCc2ccccc2)c2ccccc2n1. The molecule has 4 rings (SSSR count). The lowest BCUT2D eigenvalue weighted by Crippen LogP contribution is -2.00. The van der Waals surface area contributed by atoms with E-state index in [0.29, 0.717) is 12.5 Å². The lowest BCUT2D eigenvalue weighted by atomic mass is 9.95. The Morgan fingerprint density at radius 3 is 2.33 bits per heavy atom. The van der Waals surface area contributed by atoms with E-state index in [9.17, 15) is 0 Å². The van der Waals surface area contributed by atoms with Gasteiger partial charge in [0.1, 0.15) is 18.1 Å². The van der Waals surface area contributed by atoms with Crippen LogP contribution in [0.3, 0.4) is 0 Å². The smallest absolute Gasteiger partial charge is 0.131 e. The fraction of sp³-hybridized carbons (Fsp3) is 0.222. The molecule has 152 valence electrons. The third kappa shape index (κ3) is 4.02. The number of aromatic nitrogens is 1. The van der Waals surface area contributed by atoms with Crippen molar-refractivity contribution in [2.75, 3.05) is 7.11 Å². The van der Waals surface area contributed by atoms with E-state index in [1.807, 2.05) is 42.5 Å². The summed E-state index contributed by atoms with van der Waals surface area (Å²) in [5.41, 5.74) is 6.32. The fourth-order valence-electron chi connectivity index (χ4n) is 3.73. The molecule has 1 aromatic heterocycles. The summed E-state index contributed by atoms with van der Waals surface area (Å²) in [6, 6.07) is 24.7. The van der Waals surface area contributed by atoms with E-state index in [2.05, 4.69) is 51.1 Å². The summed E-state index contributed by atoms with van der Waals surface area (Å²) < 4.78 is 12.0. The number of methoxy groups -OCH3 is 1. The number of rotatable bonds is 6. The zero-order chi connectivity index (χ0) is 21.1. The van der Waals surface area contributed by atoms with Gasteiger partial charge >= 0.3 is 0 Å². The van der Waals surface area contributed by atoms with Crippen molar-refractivity contribution in [3.8, 4) is 22.8 Å². The highest BCUT2D eigenvalue weighted by Gasteiger charge is 2.17. The molecule has 0 atom stereocenters. The molecular weight excluding hydrogens is 370 g/mol. The molecule has 0 saturated heterocycles. The van der Waals surface area contributed by atoms with Crippen molar-refractivity contribution in [1.82, 2.24) is 4.98 Å². The summed E-state index contributed by atoms with van der Waals surface area (Å²) in [5, 5.41) is 1.01. The second-order valence-corrected chi connectivity index (χ2v) is 7.87. The van der Waals surface area contributed by atoms with Crippen molar-refractivity contribution in [3.05, 3.63) is 89.5 Å². The van der Waals surface area contributed by atoms with Crippen LogP contribution in [-0.4, -0.2) is 12.1 Å². The van der Waals surface area contributed by atoms with E-state index in [-0.39, 0.29) is 0 Å².